The van der Waals surface area contributed by atoms with E-state index in [1.165, 1.54) is 0 Å². The van der Waals surface area contributed by atoms with Crippen LogP contribution in [0, 0.1) is 6.92 Å². The number of benzene rings is 2. The maximum Gasteiger partial charge on any atom is 0.289 e. The van der Waals surface area contributed by atoms with Crippen molar-refractivity contribution in [2.75, 3.05) is 6.61 Å². The zero-order valence-electron chi connectivity index (χ0n) is 17.0. The van der Waals surface area contributed by atoms with E-state index in [4.69, 9.17) is 16.3 Å². The molecule has 6 heteroatoms. The minimum absolute atomic E-state index is 0.0282. The van der Waals surface area contributed by atoms with Gasteiger partial charge < -0.3 is 9.30 Å². The molecule has 0 bridgehead atoms. The second-order valence-electron chi connectivity index (χ2n) is 7.05. The number of hydrogen-bond acceptors (Lipinski definition) is 3. The number of ether oxygens (including phenoxy) is 1. The molecule has 0 aliphatic heterocycles. The Hall–Kier alpha value is -3.64. The Morgan fingerprint density at radius 3 is 2.53 bits per heavy atom. The molecule has 0 atom stereocenters. The molecule has 0 unspecified atom stereocenters. The number of aromatic nitrogens is 1. The van der Waals surface area contributed by atoms with Gasteiger partial charge in [-0.15, -0.1) is 0 Å². The first-order chi connectivity index (χ1) is 14.6. The third-order valence-corrected chi connectivity index (χ3v) is 4.68. The topological polar surface area (TPSA) is 97.2 Å². The molecule has 0 fully saturated rings. The number of nitrogens with two attached hydrogens (primary N) is 2. The van der Waals surface area contributed by atoms with E-state index in [-0.39, 0.29) is 12.4 Å². The van der Waals surface area contributed by atoms with Crippen molar-refractivity contribution in [3.8, 4) is 0 Å². The second kappa shape index (κ2) is 10.2. The third-order valence-electron chi connectivity index (χ3n) is 4.68. The molecule has 0 amide bonds. The number of nitrogens with zero attached hydrogens (tertiary/aromatic N) is 1. The molecule has 2 aromatic carbocycles. The van der Waals surface area contributed by atoms with Gasteiger partial charge in [-0.1, -0.05) is 66.2 Å². The Bertz CT molecular complexity index is 1030. The predicted molar refractivity (Wildman–Crippen MR) is 119 cm³/mol. The molecule has 0 spiro atoms. The van der Waals surface area contributed by atoms with E-state index in [9.17, 15) is 4.79 Å². The van der Waals surface area contributed by atoms with Gasteiger partial charge in [0.15, 0.2) is 0 Å². The molecule has 0 saturated heterocycles. The largest absolute Gasteiger partial charge is 0.364 e. The van der Waals surface area contributed by atoms with Crippen LogP contribution < -0.4 is 16.7 Å². The lowest BCUT2D eigenvalue weighted by Crippen LogP contribution is -2.83. The molecule has 6 nitrogen and oxygen atoms in total. The number of hydrazone groups is 1. The van der Waals surface area contributed by atoms with Gasteiger partial charge >= 0.3 is 0 Å². The number of carbonyl (C=O) groups is 1. The molecule has 5 N–H and O–H groups in total. The monoisotopic (exact) mass is 403 g/mol. The standard InChI is InChI=1S/C24H26N4O2/c1-18-6-12-21(13-7-18)24(29)22-5-3-15-28(22)14-2-4-19-8-10-20(11-9-19)16-30-17-23(25)27-26/h2-13,15H,14,16-17,26H2,1H3,(H2,25,27)/p+1/b4-2+. The lowest BCUT2D eigenvalue weighted by atomic mass is 10.1. The second-order valence-corrected chi connectivity index (χ2v) is 7.05. The summed E-state index contributed by atoms with van der Waals surface area (Å²) >= 11 is 0. The molecule has 154 valence electrons. The minimum Gasteiger partial charge on any atom is -0.364 e. The number of allylic oxidation sites excluding steroid dienone is 1. The minimum atomic E-state index is 0.0282. The fourth-order valence-electron chi connectivity index (χ4n) is 2.98. The van der Waals surface area contributed by atoms with Crippen LogP contribution in [0.25, 0.3) is 6.08 Å². The van der Waals surface area contributed by atoms with E-state index in [1.54, 1.807) is 0 Å². The van der Waals surface area contributed by atoms with Crippen molar-refractivity contribution >= 4 is 17.7 Å². The van der Waals surface area contributed by atoms with Gasteiger partial charge in [0, 0.05) is 18.3 Å². The van der Waals surface area contributed by atoms with Crippen molar-refractivity contribution in [2.24, 2.45) is 11.6 Å². The first-order valence-corrected chi connectivity index (χ1v) is 9.74. The van der Waals surface area contributed by atoms with E-state index in [0.717, 1.165) is 16.7 Å². The van der Waals surface area contributed by atoms with Crippen molar-refractivity contribution in [3.05, 3.63) is 101 Å². The van der Waals surface area contributed by atoms with Crippen LogP contribution in [0.1, 0.15) is 32.7 Å². The number of ketones is 1. The van der Waals surface area contributed by atoms with Crippen LogP contribution >= 0.6 is 0 Å². The van der Waals surface area contributed by atoms with Gasteiger partial charge in [0.25, 0.3) is 5.84 Å². The Morgan fingerprint density at radius 2 is 1.83 bits per heavy atom. The van der Waals surface area contributed by atoms with Gasteiger partial charge in [-0.05, 0) is 30.2 Å². The molecule has 0 aliphatic rings. The molecule has 1 heterocycles. The van der Waals surface area contributed by atoms with E-state index in [2.05, 4.69) is 5.10 Å². The Labute approximate surface area is 176 Å². The molecule has 1 aromatic heterocycles. The van der Waals surface area contributed by atoms with Crippen LogP contribution in [0.15, 0.2) is 72.9 Å². The maximum absolute atomic E-state index is 12.8. The van der Waals surface area contributed by atoms with Crippen molar-refractivity contribution in [2.45, 2.75) is 20.1 Å². The first-order valence-electron chi connectivity index (χ1n) is 9.74. The average Bonchev–Trinajstić information content (AvgIpc) is 3.23. The van der Waals surface area contributed by atoms with Gasteiger partial charge in [-0.3, -0.25) is 16.4 Å². The van der Waals surface area contributed by atoms with E-state index in [0.29, 0.717) is 30.2 Å². The Balaban J connectivity index is 1.58. The molecule has 0 aliphatic carbocycles. The van der Waals surface area contributed by atoms with Gasteiger partial charge in [0.2, 0.25) is 5.78 Å². The number of aryl methyl sites for hydroxylation is 1. The van der Waals surface area contributed by atoms with E-state index < -0.39 is 0 Å². The predicted octanol–water partition coefficient (Wildman–Crippen LogP) is 1.57. The molecule has 0 radical (unpaired) electrons. The highest BCUT2D eigenvalue weighted by Gasteiger charge is 2.12. The molecule has 3 aromatic rings. The fraction of sp³-hybridized carbons (Fsp3) is 0.167. The highest BCUT2D eigenvalue weighted by molar-refractivity contribution is 6.08. The lowest BCUT2D eigenvalue weighted by molar-refractivity contribution is -0.472. The summed E-state index contributed by atoms with van der Waals surface area (Å²) in [7, 11) is 0. The summed E-state index contributed by atoms with van der Waals surface area (Å²) < 4.78 is 7.41. The number of amidine groups is 1. The molecule has 3 rings (SSSR count). The van der Waals surface area contributed by atoms with Gasteiger partial charge in [-0.2, -0.15) is 5.10 Å². The highest BCUT2D eigenvalue weighted by Crippen LogP contribution is 2.13. The quantitative estimate of drug-likeness (QED) is 0.166. The maximum atomic E-state index is 12.8. The summed E-state index contributed by atoms with van der Waals surface area (Å²) in [4.78, 5) is 12.8. The Kier molecular flexibility index (Phi) is 7.19. The summed E-state index contributed by atoms with van der Waals surface area (Å²) in [5.74, 6) is 5.61. The zero-order valence-corrected chi connectivity index (χ0v) is 17.0. The number of hydrogen-bond donors (Lipinski definition) is 3. The first kappa shape index (κ1) is 21.1. The zero-order chi connectivity index (χ0) is 21.3. The summed E-state index contributed by atoms with van der Waals surface area (Å²) in [6.07, 6.45) is 6.00. The van der Waals surface area contributed by atoms with Crippen molar-refractivity contribution in [3.63, 3.8) is 0 Å². The van der Waals surface area contributed by atoms with Crippen molar-refractivity contribution < 1.29 is 14.6 Å². The number of hydrazine groups is 1. The molecule has 0 saturated carbocycles. The van der Waals surface area contributed by atoms with Gasteiger partial charge in [0.1, 0.15) is 6.61 Å². The van der Waals surface area contributed by atoms with Gasteiger partial charge in [-0.25, -0.2) is 0 Å². The van der Waals surface area contributed by atoms with Crippen LogP contribution in [0.5, 0.6) is 0 Å². The summed E-state index contributed by atoms with van der Waals surface area (Å²) in [5, 5.41) is 2.35. The molecular weight excluding hydrogens is 376 g/mol. The average molecular weight is 404 g/mol. The van der Waals surface area contributed by atoms with Crippen LogP contribution in [0.4, 0.5) is 0 Å². The van der Waals surface area contributed by atoms with E-state index in [1.807, 2.05) is 90.5 Å². The van der Waals surface area contributed by atoms with Crippen molar-refractivity contribution in [1.82, 2.24) is 4.57 Å². The molecular formula is C24H27N4O2+. The fourth-order valence-corrected chi connectivity index (χ4v) is 2.98. The van der Waals surface area contributed by atoms with Crippen LogP contribution in [0.2, 0.25) is 0 Å². The van der Waals surface area contributed by atoms with Gasteiger partial charge in [0.05, 0.1) is 12.3 Å². The number of rotatable bonds is 9. The van der Waals surface area contributed by atoms with E-state index >= 15 is 0 Å². The summed E-state index contributed by atoms with van der Waals surface area (Å²) in [5.41, 5.74) is 10.2. The Morgan fingerprint density at radius 1 is 1.10 bits per heavy atom. The van der Waals surface area contributed by atoms with Crippen LogP contribution in [0.3, 0.4) is 0 Å². The summed E-state index contributed by atoms with van der Waals surface area (Å²) in [6, 6.07) is 19.5. The van der Waals surface area contributed by atoms with Crippen LogP contribution in [-0.4, -0.2) is 22.8 Å². The highest BCUT2D eigenvalue weighted by atomic mass is 16.5. The normalized spacial score (nSPS) is 11.8. The molecule has 30 heavy (non-hydrogen) atoms. The van der Waals surface area contributed by atoms with Crippen molar-refractivity contribution in [1.29, 1.82) is 0 Å². The summed E-state index contributed by atoms with van der Waals surface area (Å²) in [6.45, 7) is 3.35. The number of nitrogens with one attached hydrogen (secondary N) is 1. The number of carbonyl (C=O) groups excluding carboxylic acids is 1. The lowest BCUT2D eigenvalue weighted by Gasteiger charge is -2.06. The van der Waals surface area contributed by atoms with Crippen LogP contribution in [-0.2, 0) is 17.9 Å². The third kappa shape index (κ3) is 5.68. The SMILES string of the molecule is Cc1ccc(C(=O)c2cccn2C/C=C/c2ccc(COC/C(N)=[NH+]/N)cc2)cc1. The smallest absolute Gasteiger partial charge is 0.289 e.